The highest BCUT2D eigenvalue weighted by Gasteiger charge is 2.23. The molecular weight excluding hydrogens is 380 g/mol. The van der Waals surface area contributed by atoms with Gasteiger partial charge in [-0.2, -0.15) is 0 Å². The number of nitrogens with one attached hydrogen (secondary N) is 3. The Labute approximate surface area is 173 Å². The highest BCUT2D eigenvalue weighted by Crippen LogP contribution is 2.06. The highest BCUT2D eigenvalue weighted by molar-refractivity contribution is 5.83. The molecule has 0 aromatic heterocycles. The molecule has 170 valence electrons. The maximum Gasteiger partial charge on any atom is 0.328 e. The number of hydrogen-bond donors (Lipinski definition) is 4. The quantitative estimate of drug-likeness (QED) is 0.206. The summed E-state index contributed by atoms with van der Waals surface area (Å²) >= 11 is 0. The fourth-order valence-corrected chi connectivity index (χ4v) is 2.46. The van der Waals surface area contributed by atoms with Crippen LogP contribution in [0.2, 0.25) is 0 Å². The SMILES string of the molecule is COCCOCCOC(=O)C(CC(C)C)NC(=O)NCCCCCCNC(N)=O. The van der Waals surface area contributed by atoms with Crippen LogP contribution in [0.4, 0.5) is 9.59 Å². The van der Waals surface area contributed by atoms with Crippen LogP contribution in [0.5, 0.6) is 0 Å². The predicted octanol–water partition coefficient (Wildman–Crippen LogP) is 1.14. The summed E-state index contributed by atoms with van der Waals surface area (Å²) in [5, 5.41) is 7.97. The molecule has 0 aromatic rings. The molecule has 0 saturated carbocycles. The Morgan fingerprint density at radius 3 is 2.10 bits per heavy atom. The molecule has 0 bridgehead atoms. The smallest absolute Gasteiger partial charge is 0.328 e. The van der Waals surface area contributed by atoms with Crippen molar-refractivity contribution in [2.75, 3.05) is 46.6 Å². The van der Waals surface area contributed by atoms with E-state index in [0.717, 1.165) is 25.7 Å². The number of rotatable bonds is 17. The van der Waals surface area contributed by atoms with E-state index in [1.165, 1.54) is 0 Å². The molecule has 0 aromatic carbocycles. The molecule has 5 N–H and O–H groups in total. The van der Waals surface area contributed by atoms with Gasteiger partial charge in [-0.05, 0) is 25.2 Å². The van der Waals surface area contributed by atoms with Gasteiger partial charge in [0.2, 0.25) is 0 Å². The topological polar surface area (TPSA) is 141 Å². The van der Waals surface area contributed by atoms with Crippen molar-refractivity contribution in [1.82, 2.24) is 16.0 Å². The first kappa shape index (κ1) is 26.9. The minimum absolute atomic E-state index is 0.130. The van der Waals surface area contributed by atoms with E-state index in [4.69, 9.17) is 19.9 Å². The van der Waals surface area contributed by atoms with Crippen LogP contribution in [-0.2, 0) is 19.0 Å². The normalized spacial score (nSPS) is 11.7. The number of carbonyl (C=O) groups is 3. The lowest BCUT2D eigenvalue weighted by atomic mass is 10.0. The van der Waals surface area contributed by atoms with Gasteiger partial charge in [0.25, 0.3) is 0 Å². The van der Waals surface area contributed by atoms with Crippen molar-refractivity contribution in [2.45, 2.75) is 52.0 Å². The Kier molecular flexibility index (Phi) is 16.7. The summed E-state index contributed by atoms with van der Waals surface area (Å²) in [6.45, 7) is 6.34. The number of carbonyl (C=O) groups excluding carboxylic acids is 3. The van der Waals surface area contributed by atoms with Crippen LogP contribution < -0.4 is 21.7 Å². The number of ether oxygens (including phenoxy) is 3. The van der Waals surface area contributed by atoms with E-state index in [2.05, 4.69) is 16.0 Å². The molecule has 1 atom stereocenters. The Balaban J connectivity index is 4.01. The summed E-state index contributed by atoms with van der Waals surface area (Å²) in [6, 6.07) is -1.61. The lowest BCUT2D eigenvalue weighted by molar-refractivity contribution is -0.148. The molecule has 4 amide bonds. The highest BCUT2D eigenvalue weighted by atomic mass is 16.6. The fourth-order valence-electron chi connectivity index (χ4n) is 2.46. The third-order valence-electron chi connectivity index (χ3n) is 3.89. The second kappa shape index (κ2) is 18.0. The molecule has 10 nitrogen and oxygen atoms in total. The lowest BCUT2D eigenvalue weighted by Crippen LogP contribution is -2.47. The zero-order valence-electron chi connectivity index (χ0n) is 18.0. The number of hydrogen-bond acceptors (Lipinski definition) is 6. The van der Waals surface area contributed by atoms with E-state index in [-0.39, 0.29) is 25.2 Å². The summed E-state index contributed by atoms with van der Waals surface area (Å²) in [5.74, 6) is -0.244. The summed E-state index contributed by atoms with van der Waals surface area (Å²) in [5.41, 5.74) is 4.98. The van der Waals surface area contributed by atoms with Crippen LogP contribution in [0, 0.1) is 5.92 Å². The molecule has 0 fully saturated rings. The summed E-state index contributed by atoms with van der Waals surface area (Å²) in [7, 11) is 1.58. The third-order valence-corrected chi connectivity index (χ3v) is 3.89. The van der Waals surface area contributed by atoms with Crippen LogP contribution in [-0.4, -0.2) is 70.7 Å². The first-order chi connectivity index (χ1) is 13.9. The van der Waals surface area contributed by atoms with Gasteiger partial charge in [-0.25, -0.2) is 14.4 Å². The van der Waals surface area contributed by atoms with E-state index in [9.17, 15) is 14.4 Å². The molecule has 0 aliphatic carbocycles. The van der Waals surface area contributed by atoms with Crippen LogP contribution in [0.25, 0.3) is 0 Å². The van der Waals surface area contributed by atoms with Gasteiger partial charge in [-0.3, -0.25) is 0 Å². The number of nitrogens with two attached hydrogens (primary N) is 1. The summed E-state index contributed by atoms with van der Waals surface area (Å²) in [4.78, 5) is 34.8. The van der Waals surface area contributed by atoms with Gasteiger partial charge in [0.1, 0.15) is 12.6 Å². The van der Waals surface area contributed by atoms with Crippen LogP contribution >= 0.6 is 0 Å². The Morgan fingerprint density at radius 1 is 0.897 bits per heavy atom. The first-order valence-electron chi connectivity index (χ1n) is 10.2. The number of amides is 4. The van der Waals surface area contributed by atoms with E-state index < -0.39 is 18.0 Å². The minimum Gasteiger partial charge on any atom is -0.462 e. The van der Waals surface area contributed by atoms with Crippen molar-refractivity contribution in [2.24, 2.45) is 11.7 Å². The Hall–Kier alpha value is -2.07. The van der Waals surface area contributed by atoms with Crippen molar-refractivity contribution in [1.29, 1.82) is 0 Å². The number of methoxy groups -OCH3 is 1. The van der Waals surface area contributed by atoms with Gasteiger partial charge in [-0.1, -0.05) is 26.7 Å². The van der Waals surface area contributed by atoms with Crippen LogP contribution in [0.15, 0.2) is 0 Å². The fraction of sp³-hybridized carbons (Fsp3) is 0.842. The molecule has 0 rings (SSSR count). The molecule has 0 spiro atoms. The Bertz CT molecular complexity index is 462. The zero-order valence-corrected chi connectivity index (χ0v) is 18.0. The standard InChI is InChI=1S/C19H38N4O6/c1-15(2)14-16(17(24)29-13-12-28-11-10-27-3)23-19(26)22-9-7-5-4-6-8-21-18(20)25/h15-16H,4-14H2,1-3H3,(H3,20,21,25)(H2,22,23,26). The van der Waals surface area contributed by atoms with Crippen molar-refractivity contribution in [3.05, 3.63) is 0 Å². The van der Waals surface area contributed by atoms with E-state index in [1.807, 2.05) is 13.8 Å². The number of primary amides is 1. The van der Waals surface area contributed by atoms with Gasteiger partial charge in [0, 0.05) is 20.2 Å². The molecule has 0 aliphatic heterocycles. The second-order valence-electron chi connectivity index (χ2n) is 7.06. The maximum absolute atomic E-state index is 12.2. The number of esters is 1. The maximum atomic E-state index is 12.2. The number of unbranched alkanes of at least 4 members (excludes halogenated alkanes) is 3. The van der Waals surface area contributed by atoms with E-state index in [0.29, 0.717) is 32.7 Å². The van der Waals surface area contributed by atoms with Crippen LogP contribution in [0.1, 0.15) is 46.0 Å². The van der Waals surface area contributed by atoms with Gasteiger partial charge < -0.3 is 35.9 Å². The van der Waals surface area contributed by atoms with Gasteiger partial charge >= 0.3 is 18.0 Å². The minimum atomic E-state index is -0.700. The van der Waals surface area contributed by atoms with Gasteiger partial charge in [0.15, 0.2) is 0 Å². The molecule has 0 saturated heterocycles. The molecule has 0 aliphatic rings. The van der Waals surface area contributed by atoms with Crippen molar-refractivity contribution < 1.29 is 28.6 Å². The van der Waals surface area contributed by atoms with Crippen molar-refractivity contribution in [3.63, 3.8) is 0 Å². The Morgan fingerprint density at radius 2 is 1.52 bits per heavy atom. The number of urea groups is 2. The van der Waals surface area contributed by atoms with E-state index >= 15 is 0 Å². The van der Waals surface area contributed by atoms with Gasteiger partial charge in [0.05, 0.1) is 19.8 Å². The van der Waals surface area contributed by atoms with Crippen molar-refractivity contribution >= 4 is 18.0 Å². The molecule has 10 heteroatoms. The van der Waals surface area contributed by atoms with Crippen molar-refractivity contribution in [3.8, 4) is 0 Å². The lowest BCUT2D eigenvalue weighted by Gasteiger charge is -2.19. The van der Waals surface area contributed by atoms with Crippen LogP contribution in [0.3, 0.4) is 0 Å². The third kappa shape index (κ3) is 17.7. The summed E-state index contributed by atoms with van der Waals surface area (Å²) in [6.07, 6.45) is 3.98. The largest absolute Gasteiger partial charge is 0.462 e. The zero-order chi connectivity index (χ0) is 21.9. The molecule has 0 heterocycles. The first-order valence-corrected chi connectivity index (χ1v) is 10.2. The van der Waals surface area contributed by atoms with E-state index in [1.54, 1.807) is 7.11 Å². The van der Waals surface area contributed by atoms with Gasteiger partial charge in [-0.15, -0.1) is 0 Å². The molecule has 0 radical (unpaired) electrons. The monoisotopic (exact) mass is 418 g/mol. The molecular formula is C19H38N4O6. The average molecular weight is 419 g/mol. The predicted molar refractivity (Wildman–Crippen MR) is 109 cm³/mol. The second-order valence-corrected chi connectivity index (χ2v) is 7.06. The average Bonchev–Trinajstić information content (AvgIpc) is 2.65. The summed E-state index contributed by atoms with van der Waals surface area (Å²) < 4.78 is 15.3. The molecule has 1 unspecified atom stereocenters. The molecule has 29 heavy (non-hydrogen) atoms.